The fourth-order valence-electron chi connectivity index (χ4n) is 2.53. The Balaban J connectivity index is 2.08. The van der Waals surface area contributed by atoms with E-state index in [0.717, 1.165) is 37.7 Å². The molecule has 0 spiro atoms. The van der Waals surface area contributed by atoms with Crippen molar-refractivity contribution in [2.75, 3.05) is 13.2 Å². The van der Waals surface area contributed by atoms with Gasteiger partial charge >= 0.3 is 0 Å². The van der Waals surface area contributed by atoms with E-state index in [9.17, 15) is 0 Å². The molecule has 1 N–H and O–H groups in total. The second-order valence-electron chi connectivity index (χ2n) is 5.52. The van der Waals surface area contributed by atoms with E-state index >= 15 is 0 Å². The normalized spacial score (nSPS) is 18.6. The summed E-state index contributed by atoms with van der Waals surface area (Å²) >= 11 is 0. The van der Waals surface area contributed by atoms with Gasteiger partial charge in [-0.1, -0.05) is 39.0 Å². The molecule has 0 bridgehead atoms. The maximum absolute atomic E-state index is 5.86. The van der Waals surface area contributed by atoms with Gasteiger partial charge in [0.15, 0.2) is 0 Å². The molecule has 1 heterocycles. The summed E-state index contributed by atoms with van der Waals surface area (Å²) in [6, 6.07) is 7.01. The van der Waals surface area contributed by atoms with Crippen LogP contribution in [0, 0.1) is 5.92 Å². The van der Waals surface area contributed by atoms with Crippen molar-refractivity contribution in [2.45, 2.75) is 46.1 Å². The largest absolute Gasteiger partial charge is 0.493 e. The molecule has 0 fully saturated rings. The highest BCUT2D eigenvalue weighted by molar-refractivity contribution is 5.44. The second-order valence-corrected chi connectivity index (χ2v) is 5.52. The molecule has 0 aliphatic carbocycles. The molecule has 1 aliphatic rings. The third-order valence-corrected chi connectivity index (χ3v) is 3.65. The predicted octanol–water partition coefficient (Wildman–Crippen LogP) is 3.71. The Bertz CT molecular complexity index is 387. The number of fused-ring (bicyclic) bond motifs is 1. The quantitative estimate of drug-likeness (QED) is 0.856. The highest BCUT2D eigenvalue weighted by atomic mass is 16.5. The van der Waals surface area contributed by atoms with Crippen molar-refractivity contribution >= 4 is 0 Å². The third-order valence-electron chi connectivity index (χ3n) is 3.65. The van der Waals surface area contributed by atoms with E-state index in [0.29, 0.717) is 6.04 Å². The zero-order chi connectivity index (χ0) is 13.0. The van der Waals surface area contributed by atoms with E-state index in [1.165, 1.54) is 17.5 Å². The van der Waals surface area contributed by atoms with Crippen LogP contribution >= 0.6 is 0 Å². The van der Waals surface area contributed by atoms with Gasteiger partial charge in [-0.3, -0.25) is 0 Å². The Kier molecular flexibility index (Phi) is 4.65. The second kappa shape index (κ2) is 6.24. The minimum Gasteiger partial charge on any atom is -0.493 e. The molecular weight excluding hydrogens is 222 g/mol. The Morgan fingerprint density at radius 1 is 1.39 bits per heavy atom. The first-order valence-electron chi connectivity index (χ1n) is 7.20. The van der Waals surface area contributed by atoms with Crippen molar-refractivity contribution in [3.63, 3.8) is 0 Å². The van der Waals surface area contributed by atoms with Gasteiger partial charge in [-0.25, -0.2) is 0 Å². The third kappa shape index (κ3) is 3.05. The minimum absolute atomic E-state index is 0.471. The van der Waals surface area contributed by atoms with Crippen molar-refractivity contribution in [3.05, 3.63) is 29.3 Å². The van der Waals surface area contributed by atoms with Crippen LogP contribution in [0.3, 0.4) is 0 Å². The molecule has 1 aromatic carbocycles. The van der Waals surface area contributed by atoms with Crippen molar-refractivity contribution in [2.24, 2.45) is 5.92 Å². The Hall–Kier alpha value is -1.02. The first-order chi connectivity index (χ1) is 8.72. The molecule has 0 amide bonds. The summed E-state index contributed by atoms with van der Waals surface area (Å²) in [4.78, 5) is 0. The van der Waals surface area contributed by atoms with Gasteiger partial charge < -0.3 is 10.1 Å². The highest BCUT2D eigenvalue weighted by Crippen LogP contribution is 2.35. The zero-order valence-corrected chi connectivity index (χ0v) is 11.8. The van der Waals surface area contributed by atoms with Crippen LogP contribution in [-0.2, 0) is 6.42 Å². The summed E-state index contributed by atoms with van der Waals surface area (Å²) in [6.45, 7) is 8.67. The molecule has 0 saturated carbocycles. The smallest absolute Gasteiger partial charge is 0.127 e. The summed E-state index contributed by atoms with van der Waals surface area (Å²) in [5.74, 6) is 1.90. The average molecular weight is 247 g/mol. The van der Waals surface area contributed by atoms with Gasteiger partial charge in [-0.05, 0) is 30.9 Å². The number of para-hydroxylation sites is 1. The van der Waals surface area contributed by atoms with Crippen LogP contribution in [0.2, 0.25) is 0 Å². The molecule has 1 aliphatic heterocycles. The summed E-state index contributed by atoms with van der Waals surface area (Å²) in [5.41, 5.74) is 2.69. The summed E-state index contributed by atoms with van der Waals surface area (Å²) in [6.07, 6.45) is 3.36. The van der Waals surface area contributed by atoms with Gasteiger partial charge in [0.05, 0.1) is 6.61 Å². The molecule has 0 saturated heterocycles. The van der Waals surface area contributed by atoms with Crippen LogP contribution in [0.5, 0.6) is 5.75 Å². The molecule has 2 heteroatoms. The highest BCUT2D eigenvalue weighted by Gasteiger charge is 2.22. The number of aryl methyl sites for hydroxylation is 1. The predicted molar refractivity (Wildman–Crippen MR) is 76.1 cm³/mol. The standard InChI is InChI=1S/C16H25NO/c1-4-13-6-5-7-14-15(9-11-18-16(13)14)17-10-8-12(2)3/h5-7,12,15,17H,4,8-11H2,1-3H3. The van der Waals surface area contributed by atoms with Crippen molar-refractivity contribution < 1.29 is 4.74 Å². The van der Waals surface area contributed by atoms with E-state index in [-0.39, 0.29) is 0 Å². The lowest BCUT2D eigenvalue weighted by Crippen LogP contribution is -2.28. The molecule has 1 atom stereocenters. The van der Waals surface area contributed by atoms with Gasteiger partial charge in [-0.2, -0.15) is 0 Å². The molecule has 0 radical (unpaired) electrons. The van der Waals surface area contributed by atoms with E-state index in [1.807, 2.05) is 0 Å². The maximum Gasteiger partial charge on any atom is 0.127 e. The van der Waals surface area contributed by atoms with Crippen molar-refractivity contribution in [3.8, 4) is 5.75 Å². The first-order valence-corrected chi connectivity index (χ1v) is 7.20. The number of hydrogen-bond donors (Lipinski definition) is 1. The molecule has 2 nitrogen and oxygen atoms in total. The van der Waals surface area contributed by atoms with Gasteiger partial charge in [0.2, 0.25) is 0 Å². The Morgan fingerprint density at radius 2 is 2.22 bits per heavy atom. The monoisotopic (exact) mass is 247 g/mol. The van der Waals surface area contributed by atoms with Crippen LogP contribution in [0.15, 0.2) is 18.2 Å². The number of nitrogens with one attached hydrogen (secondary N) is 1. The van der Waals surface area contributed by atoms with Crippen LogP contribution in [0.1, 0.15) is 50.8 Å². The van der Waals surface area contributed by atoms with Gasteiger partial charge in [0, 0.05) is 18.0 Å². The molecule has 0 aromatic heterocycles. The lowest BCUT2D eigenvalue weighted by Gasteiger charge is -2.28. The summed E-state index contributed by atoms with van der Waals surface area (Å²) in [5, 5.41) is 3.68. The lowest BCUT2D eigenvalue weighted by molar-refractivity contribution is 0.249. The number of hydrogen-bond acceptors (Lipinski definition) is 2. The lowest BCUT2D eigenvalue weighted by atomic mass is 9.96. The molecule has 1 unspecified atom stereocenters. The Morgan fingerprint density at radius 3 is 2.94 bits per heavy atom. The van der Waals surface area contributed by atoms with Gasteiger partial charge in [0.25, 0.3) is 0 Å². The Labute approximate surface area is 111 Å². The SMILES string of the molecule is CCc1cccc2c1OCCC2NCCC(C)C. The summed E-state index contributed by atoms with van der Waals surface area (Å²) in [7, 11) is 0. The van der Waals surface area contributed by atoms with Gasteiger partial charge in [0.1, 0.15) is 5.75 Å². The van der Waals surface area contributed by atoms with Gasteiger partial charge in [-0.15, -0.1) is 0 Å². The van der Waals surface area contributed by atoms with E-state index in [1.54, 1.807) is 0 Å². The fourth-order valence-corrected chi connectivity index (χ4v) is 2.53. The average Bonchev–Trinajstić information content (AvgIpc) is 2.38. The number of ether oxygens (including phenoxy) is 1. The topological polar surface area (TPSA) is 21.3 Å². The first kappa shape index (κ1) is 13.4. The maximum atomic E-state index is 5.86. The molecule has 1 aromatic rings. The molecule has 2 rings (SSSR count). The van der Waals surface area contributed by atoms with Crippen LogP contribution in [0.25, 0.3) is 0 Å². The van der Waals surface area contributed by atoms with E-state index < -0.39 is 0 Å². The van der Waals surface area contributed by atoms with E-state index in [2.05, 4.69) is 44.3 Å². The number of benzene rings is 1. The van der Waals surface area contributed by atoms with Crippen molar-refractivity contribution in [1.29, 1.82) is 0 Å². The van der Waals surface area contributed by atoms with Crippen LogP contribution in [-0.4, -0.2) is 13.2 Å². The minimum atomic E-state index is 0.471. The van der Waals surface area contributed by atoms with Crippen LogP contribution < -0.4 is 10.1 Å². The summed E-state index contributed by atoms with van der Waals surface area (Å²) < 4.78 is 5.86. The zero-order valence-electron chi connectivity index (χ0n) is 11.8. The van der Waals surface area contributed by atoms with Crippen LogP contribution in [0.4, 0.5) is 0 Å². The van der Waals surface area contributed by atoms with Crippen molar-refractivity contribution in [1.82, 2.24) is 5.32 Å². The fraction of sp³-hybridized carbons (Fsp3) is 0.625. The molecule has 18 heavy (non-hydrogen) atoms. The molecular formula is C16H25NO. The number of rotatable bonds is 5. The van der Waals surface area contributed by atoms with E-state index in [4.69, 9.17) is 4.74 Å². The molecule has 100 valence electrons.